The van der Waals surface area contributed by atoms with Gasteiger partial charge < -0.3 is 10.5 Å². The van der Waals surface area contributed by atoms with E-state index < -0.39 is 9.84 Å². The van der Waals surface area contributed by atoms with Crippen LogP contribution in [0.3, 0.4) is 0 Å². The lowest BCUT2D eigenvalue weighted by Gasteiger charge is -2.22. The third-order valence-electron chi connectivity index (χ3n) is 3.45. The van der Waals surface area contributed by atoms with Crippen molar-refractivity contribution < 1.29 is 13.2 Å². The Morgan fingerprint density at radius 2 is 1.81 bits per heavy atom. The molecule has 118 valence electrons. The highest BCUT2D eigenvalue weighted by Crippen LogP contribution is 2.23. The summed E-state index contributed by atoms with van der Waals surface area (Å²) in [7, 11) is -3.16. The molecule has 3 N–H and O–H groups in total. The average Bonchev–Trinajstić information content (AvgIpc) is 2.37. The van der Waals surface area contributed by atoms with Crippen molar-refractivity contribution in [2.24, 2.45) is 11.1 Å². The maximum atomic E-state index is 11.3. The molecule has 0 atom stereocenters. The quantitative estimate of drug-likeness (QED) is 0.438. The maximum absolute atomic E-state index is 11.3. The van der Waals surface area contributed by atoms with Crippen LogP contribution in [0.5, 0.6) is 5.75 Å². The molecule has 0 unspecified atom stereocenters. The van der Waals surface area contributed by atoms with E-state index in [9.17, 15) is 8.42 Å². The topological polar surface area (TPSA) is 93.2 Å². The second kappa shape index (κ2) is 6.93. The molecule has 0 amide bonds. The molecule has 0 saturated heterocycles. The summed E-state index contributed by atoms with van der Waals surface area (Å²) in [4.78, 5) is 0.290. The number of rotatable bonds is 8. The first-order chi connectivity index (χ1) is 9.63. The monoisotopic (exact) mass is 312 g/mol. The number of hydrogen-bond acceptors (Lipinski definition) is 4. The Labute approximate surface area is 126 Å². The van der Waals surface area contributed by atoms with Gasteiger partial charge in [0.25, 0.3) is 0 Å². The van der Waals surface area contributed by atoms with E-state index >= 15 is 0 Å². The minimum Gasteiger partial charge on any atom is -0.494 e. The third-order valence-corrected chi connectivity index (χ3v) is 4.57. The molecular weight excluding hydrogens is 288 g/mol. The summed E-state index contributed by atoms with van der Waals surface area (Å²) in [6.45, 7) is 4.48. The first-order valence-electron chi connectivity index (χ1n) is 6.90. The van der Waals surface area contributed by atoms with Crippen LogP contribution in [0.15, 0.2) is 29.2 Å². The standard InChI is InChI=1S/C15H24N2O3S/c1-15(2,14(16)17)10-4-5-11-20-12-6-8-13(9-7-12)21(3,18)19/h6-9H,4-5,10-11H2,1-3H3,(H3,16,17). The van der Waals surface area contributed by atoms with Gasteiger partial charge in [-0.05, 0) is 43.5 Å². The fourth-order valence-electron chi connectivity index (χ4n) is 1.78. The Hall–Kier alpha value is -1.56. The van der Waals surface area contributed by atoms with Gasteiger partial charge in [0.2, 0.25) is 0 Å². The van der Waals surface area contributed by atoms with Crippen LogP contribution in [-0.2, 0) is 9.84 Å². The predicted molar refractivity (Wildman–Crippen MR) is 84.6 cm³/mol. The van der Waals surface area contributed by atoms with Gasteiger partial charge in [0.1, 0.15) is 5.75 Å². The maximum Gasteiger partial charge on any atom is 0.175 e. The predicted octanol–water partition coefficient (Wildman–Crippen LogP) is 2.60. The second-order valence-electron chi connectivity index (χ2n) is 5.85. The molecule has 0 aliphatic carbocycles. The molecule has 0 aliphatic heterocycles. The van der Waals surface area contributed by atoms with Crippen LogP contribution in [0.1, 0.15) is 33.1 Å². The van der Waals surface area contributed by atoms with Gasteiger partial charge in [0.05, 0.1) is 17.3 Å². The van der Waals surface area contributed by atoms with E-state index in [2.05, 4.69) is 0 Å². The van der Waals surface area contributed by atoms with Crippen molar-refractivity contribution in [1.29, 1.82) is 5.41 Å². The summed E-state index contributed by atoms with van der Waals surface area (Å²) in [6, 6.07) is 6.42. The van der Waals surface area contributed by atoms with Crippen molar-refractivity contribution in [2.45, 2.75) is 38.0 Å². The normalized spacial score (nSPS) is 12.1. The summed E-state index contributed by atoms with van der Waals surface area (Å²) in [5.74, 6) is 0.869. The fraction of sp³-hybridized carbons (Fsp3) is 0.533. The molecule has 1 rings (SSSR count). The Bertz CT molecular complexity index is 577. The van der Waals surface area contributed by atoms with E-state index in [1.165, 1.54) is 6.26 Å². The molecular formula is C15H24N2O3S. The zero-order valence-corrected chi connectivity index (χ0v) is 13.7. The highest BCUT2D eigenvalue weighted by Gasteiger charge is 2.20. The number of nitrogens with two attached hydrogens (primary N) is 1. The van der Waals surface area contributed by atoms with Crippen molar-refractivity contribution in [3.05, 3.63) is 24.3 Å². The number of amidine groups is 1. The van der Waals surface area contributed by atoms with Crippen LogP contribution in [0.4, 0.5) is 0 Å². The van der Waals surface area contributed by atoms with E-state index in [0.717, 1.165) is 19.3 Å². The Morgan fingerprint density at radius 1 is 1.24 bits per heavy atom. The lowest BCUT2D eigenvalue weighted by molar-refractivity contribution is 0.296. The van der Waals surface area contributed by atoms with Gasteiger partial charge in [0.15, 0.2) is 9.84 Å². The molecule has 0 spiro atoms. The first kappa shape index (κ1) is 17.5. The number of nitrogens with one attached hydrogen (secondary N) is 1. The summed E-state index contributed by atoms with van der Waals surface area (Å²) in [5, 5.41) is 7.48. The van der Waals surface area contributed by atoms with Gasteiger partial charge in [-0.2, -0.15) is 0 Å². The van der Waals surface area contributed by atoms with Crippen LogP contribution < -0.4 is 10.5 Å². The van der Waals surface area contributed by atoms with Gasteiger partial charge in [-0.15, -0.1) is 0 Å². The minimum absolute atomic E-state index is 0.208. The van der Waals surface area contributed by atoms with E-state index in [-0.39, 0.29) is 16.1 Å². The van der Waals surface area contributed by atoms with E-state index in [1.54, 1.807) is 24.3 Å². The van der Waals surface area contributed by atoms with E-state index in [0.29, 0.717) is 12.4 Å². The summed E-state index contributed by atoms with van der Waals surface area (Å²) in [5.41, 5.74) is 5.26. The SMILES string of the molecule is CC(C)(CCCCOc1ccc(S(C)(=O)=O)cc1)C(=N)N. The molecule has 0 aliphatic rings. The first-order valence-corrected chi connectivity index (χ1v) is 8.79. The third kappa shape index (κ3) is 5.75. The summed E-state index contributed by atoms with van der Waals surface area (Å²) in [6.07, 6.45) is 3.82. The van der Waals surface area contributed by atoms with Crippen molar-refractivity contribution in [2.75, 3.05) is 12.9 Å². The molecule has 5 nitrogen and oxygen atoms in total. The zero-order valence-electron chi connectivity index (χ0n) is 12.8. The smallest absolute Gasteiger partial charge is 0.175 e. The molecule has 1 aromatic rings. The van der Waals surface area contributed by atoms with E-state index in [1.807, 2.05) is 13.8 Å². The highest BCUT2D eigenvalue weighted by atomic mass is 32.2. The molecule has 0 heterocycles. The van der Waals surface area contributed by atoms with Crippen LogP contribution in [0.2, 0.25) is 0 Å². The second-order valence-corrected chi connectivity index (χ2v) is 7.86. The van der Waals surface area contributed by atoms with Crippen molar-refractivity contribution in [1.82, 2.24) is 0 Å². The van der Waals surface area contributed by atoms with Crippen molar-refractivity contribution >= 4 is 15.7 Å². The van der Waals surface area contributed by atoms with Gasteiger partial charge >= 0.3 is 0 Å². The molecule has 0 radical (unpaired) electrons. The summed E-state index contributed by atoms with van der Waals surface area (Å²) >= 11 is 0. The van der Waals surface area contributed by atoms with Crippen molar-refractivity contribution in [3.8, 4) is 5.75 Å². The highest BCUT2D eigenvalue weighted by molar-refractivity contribution is 7.90. The van der Waals surface area contributed by atoms with Crippen molar-refractivity contribution in [3.63, 3.8) is 0 Å². The molecule has 0 fully saturated rings. The van der Waals surface area contributed by atoms with Crippen LogP contribution in [0, 0.1) is 10.8 Å². The van der Waals surface area contributed by atoms with Crippen LogP contribution in [-0.4, -0.2) is 27.1 Å². The lowest BCUT2D eigenvalue weighted by Crippen LogP contribution is -2.30. The molecule has 6 heteroatoms. The van der Waals surface area contributed by atoms with Crippen LogP contribution in [0.25, 0.3) is 0 Å². The molecule has 21 heavy (non-hydrogen) atoms. The number of unbranched alkanes of at least 4 members (excludes halogenated alkanes) is 1. The molecule has 0 aromatic heterocycles. The average molecular weight is 312 g/mol. The molecule has 1 aromatic carbocycles. The number of sulfone groups is 1. The number of benzene rings is 1. The van der Waals surface area contributed by atoms with Gasteiger partial charge in [-0.25, -0.2) is 8.42 Å². The molecule has 0 bridgehead atoms. The van der Waals surface area contributed by atoms with E-state index in [4.69, 9.17) is 15.9 Å². The Kier molecular flexibility index (Phi) is 5.78. The largest absolute Gasteiger partial charge is 0.494 e. The summed E-state index contributed by atoms with van der Waals surface area (Å²) < 4.78 is 28.2. The number of ether oxygens (including phenoxy) is 1. The zero-order chi connectivity index (χ0) is 16.1. The van der Waals surface area contributed by atoms with Gasteiger partial charge in [-0.1, -0.05) is 13.8 Å². The molecule has 0 saturated carbocycles. The lowest BCUT2D eigenvalue weighted by atomic mass is 9.86. The minimum atomic E-state index is -3.16. The Morgan fingerprint density at radius 3 is 2.29 bits per heavy atom. The van der Waals surface area contributed by atoms with Gasteiger partial charge in [0, 0.05) is 11.7 Å². The van der Waals surface area contributed by atoms with Crippen LogP contribution >= 0.6 is 0 Å². The number of hydrogen-bond donors (Lipinski definition) is 2. The van der Waals surface area contributed by atoms with Gasteiger partial charge in [-0.3, -0.25) is 5.41 Å². The Balaban J connectivity index is 2.35. The fourth-order valence-corrected chi connectivity index (χ4v) is 2.41.